The number of carboxylic acid groups (broad SMARTS) is 1. The molecule has 0 bridgehead atoms. The molecule has 4 aromatic rings. The minimum absolute atomic E-state index is 0.257. The van der Waals surface area contributed by atoms with E-state index in [-0.39, 0.29) is 11.7 Å². The van der Waals surface area contributed by atoms with Gasteiger partial charge in [-0.25, -0.2) is 13.6 Å². The third-order valence-electron chi connectivity index (χ3n) is 5.77. The molecule has 0 saturated carbocycles. The van der Waals surface area contributed by atoms with Gasteiger partial charge in [0.05, 0.1) is 11.1 Å². The second-order valence-corrected chi connectivity index (χ2v) is 7.93. The SMILES string of the molecule is Cc1[nH]c2c(F)ccc(C)c2c1CCNC(=O)c1ccc(-c2ccc(F)c(C(=O)O)c2)cc1. The Morgan fingerprint density at radius 3 is 2.30 bits per heavy atom. The number of aryl methyl sites for hydroxylation is 2. The van der Waals surface area contributed by atoms with Gasteiger partial charge in [-0.15, -0.1) is 0 Å². The lowest BCUT2D eigenvalue weighted by atomic mass is 10.0. The molecule has 1 amide bonds. The lowest BCUT2D eigenvalue weighted by Gasteiger charge is -2.08. The summed E-state index contributed by atoms with van der Waals surface area (Å²) in [6.45, 7) is 4.20. The van der Waals surface area contributed by atoms with E-state index in [1.165, 1.54) is 18.2 Å². The van der Waals surface area contributed by atoms with Crippen LogP contribution in [0.25, 0.3) is 22.0 Å². The molecule has 0 unspecified atom stereocenters. The number of aromatic carboxylic acids is 1. The lowest BCUT2D eigenvalue weighted by Crippen LogP contribution is -2.25. The molecule has 168 valence electrons. The molecule has 5 nitrogen and oxygen atoms in total. The van der Waals surface area contributed by atoms with Crippen molar-refractivity contribution in [1.82, 2.24) is 10.3 Å². The van der Waals surface area contributed by atoms with Crippen molar-refractivity contribution in [3.05, 3.63) is 94.2 Å². The average molecular weight is 448 g/mol. The zero-order valence-electron chi connectivity index (χ0n) is 18.1. The Kier molecular flexibility index (Phi) is 5.96. The van der Waals surface area contributed by atoms with E-state index in [0.29, 0.717) is 35.2 Å². The molecule has 0 radical (unpaired) electrons. The number of carboxylic acids is 1. The minimum Gasteiger partial charge on any atom is -0.478 e. The molecule has 1 aromatic heterocycles. The highest BCUT2D eigenvalue weighted by atomic mass is 19.1. The molecule has 4 rings (SSSR count). The zero-order chi connectivity index (χ0) is 23.7. The van der Waals surface area contributed by atoms with Crippen LogP contribution in [0.3, 0.4) is 0 Å². The largest absolute Gasteiger partial charge is 0.478 e. The third kappa shape index (κ3) is 4.35. The van der Waals surface area contributed by atoms with Crippen LogP contribution >= 0.6 is 0 Å². The molecule has 0 aliphatic heterocycles. The van der Waals surface area contributed by atoms with Gasteiger partial charge >= 0.3 is 5.97 Å². The predicted octanol–water partition coefficient (Wildman–Crippen LogP) is 5.40. The van der Waals surface area contributed by atoms with Gasteiger partial charge in [0.15, 0.2) is 0 Å². The number of carbonyl (C=O) groups is 2. The smallest absolute Gasteiger partial charge is 0.338 e. The van der Waals surface area contributed by atoms with E-state index in [9.17, 15) is 18.4 Å². The highest BCUT2D eigenvalue weighted by Crippen LogP contribution is 2.28. The third-order valence-corrected chi connectivity index (χ3v) is 5.77. The highest BCUT2D eigenvalue weighted by Gasteiger charge is 2.15. The molecule has 7 heteroatoms. The van der Waals surface area contributed by atoms with Gasteiger partial charge in [0, 0.05) is 23.2 Å². The van der Waals surface area contributed by atoms with Gasteiger partial charge in [-0.2, -0.15) is 0 Å². The Morgan fingerprint density at radius 1 is 0.939 bits per heavy atom. The zero-order valence-corrected chi connectivity index (χ0v) is 18.1. The van der Waals surface area contributed by atoms with Crippen LogP contribution in [0.15, 0.2) is 54.6 Å². The molecule has 0 saturated heterocycles. The normalized spacial score (nSPS) is 11.0. The first-order valence-electron chi connectivity index (χ1n) is 10.4. The highest BCUT2D eigenvalue weighted by molar-refractivity contribution is 5.95. The molecule has 3 N–H and O–H groups in total. The number of benzene rings is 3. The first-order chi connectivity index (χ1) is 15.8. The van der Waals surface area contributed by atoms with Crippen molar-refractivity contribution < 1.29 is 23.5 Å². The number of rotatable bonds is 6. The Bertz CT molecular complexity index is 1370. The second kappa shape index (κ2) is 8.86. The lowest BCUT2D eigenvalue weighted by molar-refractivity contribution is 0.0691. The van der Waals surface area contributed by atoms with Gasteiger partial charge in [0.2, 0.25) is 0 Å². The molecule has 1 heterocycles. The number of nitrogens with one attached hydrogen (secondary N) is 2. The topological polar surface area (TPSA) is 82.2 Å². The number of H-pyrrole nitrogens is 1. The van der Waals surface area contributed by atoms with E-state index < -0.39 is 17.3 Å². The van der Waals surface area contributed by atoms with E-state index in [2.05, 4.69) is 10.3 Å². The van der Waals surface area contributed by atoms with Crippen molar-refractivity contribution in [2.24, 2.45) is 0 Å². The van der Waals surface area contributed by atoms with Crippen LogP contribution in [0.1, 0.15) is 37.5 Å². The van der Waals surface area contributed by atoms with Gasteiger partial charge in [0.25, 0.3) is 5.91 Å². The van der Waals surface area contributed by atoms with E-state index in [1.807, 2.05) is 13.8 Å². The summed E-state index contributed by atoms with van der Waals surface area (Å²) in [6.07, 6.45) is 0.549. The van der Waals surface area contributed by atoms with Crippen molar-refractivity contribution in [1.29, 1.82) is 0 Å². The fourth-order valence-corrected chi connectivity index (χ4v) is 4.04. The van der Waals surface area contributed by atoms with E-state index >= 15 is 0 Å². The Hall–Kier alpha value is -4.00. The summed E-state index contributed by atoms with van der Waals surface area (Å²) in [5.41, 5.74) is 4.55. The molecule has 0 spiro atoms. The van der Waals surface area contributed by atoms with Gasteiger partial charge < -0.3 is 15.4 Å². The molecule has 0 aliphatic carbocycles. The number of aromatic amines is 1. The molecule has 0 fully saturated rings. The van der Waals surface area contributed by atoms with Crippen LogP contribution in [0.5, 0.6) is 0 Å². The van der Waals surface area contributed by atoms with Gasteiger partial charge in [0.1, 0.15) is 11.6 Å². The maximum atomic E-state index is 14.1. The first kappa shape index (κ1) is 22.2. The van der Waals surface area contributed by atoms with Crippen LogP contribution in [-0.4, -0.2) is 28.5 Å². The number of fused-ring (bicyclic) bond motifs is 1. The van der Waals surface area contributed by atoms with Crippen molar-refractivity contribution in [3.63, 3.8) is 0 Å². The van der Waals surface area contributed by atoms with Crippen molar-refractivity contribution in [3.8, 4) is 11.1 Å². The van der Waals surface area contributed by atoms with Crippen LogP contribution in [0, 0.1) is 25.5 Å². The Labute approximate surface area is 189 Å². The summed E-state index contributed by atoms with van der Waals surface area (Å²) in [5, 5.41) is 12.8. The molecular formula is C26H22F2N2O3. The number of halogens is 2. The fraction of sp³-hybridized carbons (Fsp3) is 0.154. The number of amides is 1. The molecule has 33 heavy (non-hydrogen) atoms. The van der Waals surface area contributed by atoms with Crippen molar-refractivity contribution >= 4 is 22.8 Å². The number of carbonyl (C=O) groups excluding carboxylic acids is 1. The van der Waals surface area contributed by atoms with Crippen LogP contribution in [-0.2, 0) is 6.42 Å². The summed E-state index contributed by atoms with van der Waals surface area (Å²) in [7, 11) is 0. The summed E-state index contributed by atoms with van der Waals surface area (Å²) in [6, 6.07) is 13.7. The van der Waals surface area contributed by atoms with Crippen molar-refractivity contribution in [2.45, 2.75) is 20.3 Å². The standard InChI is InChI=1S/C26H22F2N2O3/c1-14-3-9-22(28)24-23(14)19(15(2)30-24)11-12-29-25(31)17-6-4-16(5-7-17)18-8-10-21(27)20(13-18)26(32)33/h3-10,13,30H,11-12H2,1-2H3,(H,29,31)(H,32,33). The fourth-order valence-electron chi connectivity index (χ4n) is 4.04. The monoisotopic (exact) mass is 448 g/mol. The van der Waals surface area contributed by atoms with Gasteiger partial charge in [-0.1, -0.05) is 24.3 Å². The number of hydrogen-bond acceptors (Lipinski definition) is 2. The van der Waals surface area contributed by atoms with E-state index in [4.69, 9.17) is 5.11 Å². The number of hydrogen-bond donors (Lipinski definition) is 3. The summed E-state index contributed by atoms with van der Waals surface area (Å²) in [4.78, 5) is 26.8. The first-order valence-corrected chi connectivity index (χ1v) is 10.4. The van der Waals surface area contributed by atoms with Gasteiger partial charge in [-0.05, 0) is 72.9 Å². The maximum Gasteiger partial charge on any atom is 0.338 e. The van der Waals surface area contributed by atoms with Crippen LogP contribution < -0.4 is 5.32 Å². The van der Waals surface area contributed by atoms with Crippen LogP contribution in [0.4, 0.5) is 8.78 Å². The Morgan fingerprint density at radius 2 is 1.61 bits per heavy atom. The van der Waals surface area contributed by atoms with Gasteiger partial charge in [-0.3, -0.25) is 4.79 Å². The van der Waals surface area contributed by atoms with E-state index in [1.54, 1.807) is 30.3 Å². The summed E-state index contributed by atoms with van der Waals surface area (Å²) < 4.78 is 27.7. The summed E-state index contributed by atoms with van der Waals surface area (Å²) >= 11 is 0. The number of aromatic nitrogens is 1. The molecular weight excluding hydrogens is 426 g/mol. The van der Waals surface area contributed by atoms with Crippen LogP contribution in [0.2, 0.25) is 0 Å². The predicted molar refractivity (Wildman–Crippen MR) is 123 cm³/mol. The minimum atomic E-state index is -1.34. The second-order valence-electron chi connectivity index (χ2n) is 7.93. The molecule has 0 atom stereocenters. The Balaban J connectivity index is 1.45. The average Bonchev–Trinajstić information content (AvgIpc) is 3.14. The maximum absolute atomic E-state index is 14.1. The quantitative estimate of drug-likeness (QED) is 0.369. The summed E-state index contributed by atoms with van der Waals surface area (Å²) in [5.74, 6) is -2.70. The molecule has 3 aromatic carbocycles. The van der Waals surface area contributed by atoms with Crippen molar-refractivity contribution in [2.75, 3.05) is 6.54 Å². The van der Waals surface area contributed by atoms with E-state index in [0.717, 1.165) is 28.3 Å². The molecule has 0 aliphatic rings.